The van der Waals surface area contributed by atoms with E-state index >= 15 is 0 Å². The Morgan fingerprint density at radius 2 is 2.07 bits per heavy atom. The number of hydrogen-bond donors (Lipinski definition) is 1. The van der Waals surface area contributed by atoms with E-state index in [1.165, 1.54) is 6.07 Å². The predicted octanol–water partition coefficient (Wildman–Crippen LogP) is 3.04. The van der Waals surface area contributed by atoms with Gasteiger partial charge in [0.15, 0.2) is 0 Å². The summed E-state index contributed by atoms with van der Waals surface area (Å²) < 4.78 is 26.2. The molecule has 1 fully saturated rings. The summed E-state index contributed by atoms with van der Waals surface area (Å²) in [6.45, 7) is 0.874. The maximum atomic E-state index is 13.3. The van der Waals surface area contributed by atoms with E-state index < -0.39 is 11.6 Å². The minimum atomic E-state index is -0.703. The Morgan fingerprint density at radius 1 is 1.29 bits per heavy atom. The van der Waals surface area contributed by atoms with Crippen molar-refractivity contribution >= 4 is 11.6 Å². The first-order valence-corrected chi connectivity index (χ1v) is 4.94. The molecular weight excluding hydrogens is 208 g/mol. The van der Waals surface area contributed by atoms with E-state index in [4.69, 9.17) is 11.6 Å². The largest absolute Gasteiger partial charge is 0.310 e. The fraction of sp³-hybridized carbons (Fsp3) is 0.400. The molecule has 1 nitrogen and oxygen atoms in total. The van der Waals surface area contributed by atoms with E-state index in [0.717, 1.165) is 25.5 Å². The van der Waals surface area contributed by atoms with E-state index in [-0.39, 0.29) is 11.1 Å². The minimum absolute atomic E-state index is 0.0184. The molecule has 1 atom stereocenters. The fourth-order valence-electron chi connectivity index (χ4n) is 1.75. The van der Waals surface area contributed by atoms with Crippen LogP contribution < -0.4 is 5.32 Å². The quantitative estimate of drug-likeness (QED) is 0.713. The van der Waals surface area contributed by atoms with Crippen molar-refractivity contribution in [3.63, 3.8) is 0 Å². The lowest BCUT2D eigenvalue weighted by Crippen LogP contribution is -2.14. The summed E-state index contributed by atoms with van der Waals surface area (Å²) in [5, 5.41) is 3.12. The first kappa shape index (κ1) is 9.87. The van der Waals surface area contributed by atoms with E-state index in [1.54, 1.807) is 0 Å². The molecule has 0 amide bonds. The van der Waals surface area contributed by atoms with Crippen LogP contribution in [0.25, 0.3) is 0 Å². The van der Waals surface area contributed by atoms with Gasteiger partial charge < -0.3 is 5.32 Å². The van der Waals surface area contributed by atoms with E-state index in [0.29, 0.717) is 5.56 Å². The summed E-state index contributed by atoms with van der Waals surface area (Å²) in [7, 11) is 0. The third kappa shape index (κ3) is 1.74. The van der Waals surface area contributed by atoms with Gasteiger partial charge >= 0.3 is 0 Å². The minimum Gasteiger partial charge on any atom is -0.310 e. The second-order valence-electron chi connectivity index (χ2n) is 3.44. The van der Waals surface area contributed by atoms with Crippen LogP contribution in [-0.4, -0.2) is 6.54 Å². The van der Waals surface area contributed by atoms with Crippen LogP contribution >= 0.6 is 11.6 Å². The Labute approximate surface area is 86.1 Å². The molecule has 0 aliphatic carbocycles. The highest BCUT2D eigenvalue weighted by atomic mass is 35.5. The van der Waals surface area contributed by atoms with Crippen molar-refractivity contribution in [1.82, 2.24) is 5.32 Å². The molecule has 1 aliphatic rings. The van der Waals surface area contributed by atoms with Gasteiger partial charge in [-0.25, -0.2) is 8.78 Å². The van der Waals surface area contributed by atoms with Gasteiger partial charge in [0.1, 0.15) is 11.6 Å². The van der Waals surface area contributed by atoms with Gasteiger partial charge in [-0.15, -0.1) is 0 Å². The first-order chi connectivity index (χ1) is 6.68. The maximum Gasteiger partial charge on any atom is 0.144 e. The average Bonchev–Trinajstić information content (AvgIpc) is 2.64. The highest BCUT2D eigenvalue weighted by Crippen LogP contribution is 2.28. The monoisotopic (exact) mass is 217 g/mol. The molecule has 1 aromatic rings. The molecule has 2 rings (SSSR count). The lowest BCUT2D eigenvalue weighted by molar-refractivity contribution is 0.540. The zero-order chi connectivity index (χ0) is 10.1. The van der Waals surface area contributed by atoms with Crippen molar-refractivity contribution in [2.45, 2.75) is 18.9 Å². The van der Waals surface area contributed by atoms with Crippen LogP contribution in [0.3, 0.4) is 0 Å². The molecule has 1 saturated heterocycles. The van der Waals surface area contributed by atoms with Crippen molar-refractivity contribution in [2.75, 3.05) is 6.54 Å². The number of halogens is 3. The van der Waals surface area contributed by atoms with Gasteiger partial charge in [0.2, 0.25) is 0 Å². The molecule has 76 valence electrons. The summed E-state index contributed by atoms with van der Waals surface area (Å²) in [4.78, 5) is 0. The van der Waals surface area contributed by atoms with Crippen LogP contribution in [0, 0.1) is 11.6 Å². The van der Waals surface area contributed by atoms with Crippen LogP contribution in [0.1, 0.15) is 24.4 Å². The van der Waals surface area contributed by atoms with Gasteiger partial charge in [0, 0.05) is 17.7 Å². The zero-order valence-electron chi connectivity index (χ0n) is 7.49. The molecule has 1 heterocycles. The summed E-state index contributed by atoms with van der Waals surface area (Å²) in [5.41, 5.74) is 0.467. The van der Waals surface area contributed by atoms with Crippen molar-refractivity contribution in [1.29, 1.82) is 0 Å². The lowest BCUT2D eigenvalue weighted by Gasteiger charge is -2.12. The smallest absolute Gasteiger partial charge is 0.144 e. The number of nitrogens with one attached hydrogen (secondary N) is 1. The van der Waals surface area contributed by atoms with Crippen molar-refractivity contribution < 1.29 is 8.78 Å². The van der Waals surface area contributed by atoms with E-state index in [9.17, 15) is 8.78 Å². The first-order valence-electron chi connectivity index (χ1n) is 4.56. The van der Waals surface area contributed by atoms with Crippen LogP contribution in [0.4, 0.5) is 8.78 Å². The Morgan fingerprint density at radius 3 is 2.71 bits per heavy atom. The number of hydrogen-bond acceptors (Lipinski definition) is 1. The van der Waals surface area contributed by atoms with Gasteiger partial charge in [-0.05, 0) is 25.5 Å². The summed E-state index contributed by atoms with van der Waals surface area (Å²) in [6.07, 6.45) is 1.89. The number of rotatable bonds is 1. The molecule has 0 bridgehead atoms. The average molecular weight is 218 g/mol. The van der Waals surface area contributed by atoms with Gasteiger partial charge in [-0.1, -0.05) is 11.6 Å². The Balaban J connectivity index is 2.37. The van der Waals surface area contributed by atoms with Crippen LogP contribution in [-0.2, 0) is 0 Å². The Bertz CT molecular complexity index is 348. The standard InChI is InChI=1S/C10H10ClF2N/c11-7-4-6(8(12)5-9(7)13)10-2-1-3-14-10/h4-5,10,14H,1-3H2. The van der Waals surface area contributed by atoms with Crippen molar-refractivity contribution in [2.24, 2.45) is 0 Å². The highest BCUT2D eigenvalue weighted by Gasteiger charge is 2.20. The van der Waals surface area contributed by atoms with E-state index in [1.807, 2.05) is 0 Å². The van der Waals surface area contributed by atoms with Gasteiger partial charge in [0.05, 0.1) is 5.02 Å². The molecule has 0 aromatic heterocycles. The van der Waals surface area contributed by atoms with E-state index in [2.05, 4.69) is 5.32 Å². The lowest BCUT2D eigenvalue weighted by atomic mass is 10.0. The Hall–Kier alpha value is -0.670. The van der Waals surface area contributed by atoms with Crippen molar-refractivity contribution in [3.8, 4) is 0 Å². The molecule has 1 aliphatic heterocycles. The molecular formula is C10H10ClF2N. The molecule has 4 heteroatoms. The molecule has 1 N–H and O–H groups in total. The predicted molar refractivity (Wildman–Crippen MR) is 51.3 cm³/mol. The maximum absolute atomic E-state index is 13.3. The van der Waals surface area contributed by atoms with Crippen LogP contribution in [0.5, 0.6) is 0 Å². The molecule has 1 aromatic carbocycles. The molecule has 14 heavy (non-hydrogen) atoms. The molecule has 0 saturated carbocycles. The van der Waals surface area contributed by atoms with Crippen LogP contribution in [0.2, 0.25) is 5.02 Å². The van der Waals surface area contributed by atoms with Gasteiger partial charge in [0.25, 0.3) is 0 Å². The Kier molecular flexibility index (Phi) is 2.70. The molecule has 0 radical (unpaired) electrons. The van der Waals surface area contributed by atoms with Crippen molar-refractivity contribution in [3.05, 3.63) is 34.4 Å². The third-order valence-electron chi connectivity index (χ3n) is 2.48. The zero-order valence-corrected chi connectivity index (χ0v) is 8.24. The summed E-state index contributed by atoms with van der Waals surface area (Å²) in [5.74, 6) is -1.22. The highest BCUT2D eigenvalue weighted by molar-refractivity contribution is 6.30. The SMILES string of the molecule is Fc1cc(F)c(C2CCCN2)cc1Cl. The third-order valence-corrected chi connectivity index (χ3v) is 2.76. The van der Waals surface area contributed by atoms with Gasteiger partial charge in [-0.3, -0.25) is 0 Å². The molecule has 0 spiro atoms. The topological polar surface area (TPSA) is 12.0 Å². The second-order valence-corrected chi connectivity index (χ2v) is 3.84. The van der Waals surface area contributed by atoms with Crippen LogP contribution in [0.15, 0.2) is 12.1 Å². The number of benzene rings is 1. The second kappa shape index (κ2) is 3.83. The normalized spacial score (nSPS) is 21.5. The van der Waals surface area contributed by atoms with Gasteiger partial charge in [-0.2, -0.15) is 0 Å². The molecule has 1 unspecified atom stereocenters. The summed E-state index contributed by atoms with van der Waals surface area (Å²) >= 11 is 5.59. The fourth-order valence-corrected chi connectivity index (χ4v) is 1.93. The summed E-state index contributed by atoms with van der Waals surface area (Å²) in [6, 6.07) is 2.19.